The molecule has 1 saturated carbocycles. The van der Waals surface area contributed by atoms with Gasteiger partial charge in [0.15, 0.2) is 0 Å². The zero-order chi connectivity index (χ0) is 10.1. The van der Waals surface area contributed by atoms with Crippen LogP contribution in [0.15, 0.2) is 12.2 Å². The van der Waals surface area contributed by atoms with Crippen molar-refractivity contribution in [3.8, 4) is 0 Å². The van der Waals surface area contributed by atoms with Gasteiger partial charge in [0.2, 0.25) is 0 Å². The molecule has 2 nitrogen and oxygen atoms in total. The lowest BCUT2D eigenvalue weighted by atomic mass is 9.88. The van der Waals surface area contributed by atoms with Crippen LogP contribution in [0.3, 0.4) is 0 Å². The molecule has 0 aliphatic heterocycles. The van der Waals surface area contributed by atoms with E-state index in [1.54, 1.807) is 7.11 Å². The molecule has 76 valence electrons. The fourth-order valence-electron chi connectivity index (χ4n) is 1.18. The third kappa shape index (κ3) is 6.52. The van der Waals surface area contributed by atoms with Gasteiger partial charge in [-0.3, -0.25) is 0 Å². The summed E-state index contributed by atoms with van der Waals surface area (Å²) in [6, 6.07) is 0. The van der Waals surface area contributed by atoms with Crippen LogP contribution < -0.4 is 0 Å². The molecule has 0 N–H and O–H groups in total. The van der Waals surface area contributed by atoms with Crippen LogP contribution in [0.1, 0.15) is 32.6 Å². The van der Waals surface area contributed by atoms with Gasteiger partial charge in [0.05, 0.1) is 0 Å². The minimum atomic E-state index is 0.329. The maximum Gasteiger partial charge on any atom is 0.123 e. The minimum Gasteiger partial charge on any atom is -0.385 e. The van der Waals surface area contributed by atoms with Crippen LogP contribution in [-0.4, -0.2) is 20.0 Å². The lowest BCUT2D eigenvalue weighted by Gasteiger charge is -2.17. The van der Waals surface area contributed by atoms with E-state index in [4.69, 9.17) is 0 Å². The van der Waals surface area contributed by atoms with Crippen molar-refractivity contribution in [2.45, 2.75) is 32.6 Å². The van der Waals surface area contributed by atoms with Crippen molar-refractivity contribution >= 4 is 6.29 Å². The van der Waals surface area contributed by atoms with Crippen LogP contribution in [0.4, 0.5) is 0 Å². The molecule has 0 radical (unpaired) electrons. The summed E-state index contributed by atoms with van der Waals surface area (Å²) in [7, 11) is 1.68. The highest BCUT2D eigenvalue weighted by Gasteiger charge is 2.13. The van der Waals surface area contributed by atoms with Crippen molar-refractivity contribution in [3.05, 3.63) is 12.2 Å². The van der Waals surface area contributed by atoms with Gasteiger partial charge in [0.25, 0.3) is 0 Å². The Hall–Kier alpha value is -0.630. The van der Waals surface area contributed by atoms with Crippen molar-refractivity contribution in [2.24, 2.45) is 5.92 Å². The molecule has 0 spiro atoms. The average Bonchev–Trinajstić information content (AvgIpc) is 2.19. The third-order valence-corrected chi connectivity index (χ3v) is 2.22. The molecule has 0 bridgehead atoms. The largest absolute Gasteiger partial charge is 0.385 e. The summed E-state index contributed by atoms with van der Waals surface area (Å²) in [4.78, 5) is 10.2. The number of carbonyl (C=O) groups is 1. The van der Waals surface area contributed by atoms with E-state index in [2.05, 4.69) is 11.3 Å². The lowest BCUT2D eigenvalue weighted by molar-refractivity contribution is -0.111. The molecule has 0 aromatic rings. The second kappa shape index (κ2) is 7.99. The summed E-state index contributed by atoms with van der Waals surface area (Å²) >= 11 is 0. The smallest absolute Gasteiger partial charge is 0.123 e. The predicted molar refractivity (Wildman–Crippen MR) is 54.7 cm³/mol. The summed E-state index contributed by atoms with van der Waals surface area (Å²) in [6.07, 6.45) is 5.25. The number of rotatable bonds is 2. The summed E-state index contributed by atoms with van der Waals surface area (Å²) in [5.41, 5.74) is 1.31. The molecule has 0 aromatic carbocycles. The number of aldehydes is 1. The van der Waals surface area contributed by atoms with E-state index in [0.717, 1.165) is 38.6 Å². The topological polar surface area (TPSA) is 26.3 Å². The Bertz CT molecular complexity index is 140. The highest BCUT2D eigenvalue weighted by atomic mass is 16.5. The van der Waals surface area contributed by atoms with Crippen LogP contribution in [0.25, 0.3) is 0 Å². The van der Waals surface area contributed by atoms with Gasteiger partial charge in [0.1, 0.15) is 6.29 Å². The first-order chi connectivity index (χ1) is 6.24. The van der Waals surface area contributed by atoms with E-state index >= 15 is 0 Å². The Morgan fingerprint density at radius 3 is 2.31 bits per heavy atom. The maximum atomic E-state index is 10.2. The van der Waals surface area contributed by atoms with Gasteiger partial charge in [-0.1, -0.05) is 12.2 Å². The normalized spacial score (nSPS) is 17.5. The van der Waals surface area contributed by atoms with Gasteiger partial charge in [0, 0.05) is 19.6 Å². The standard InChI is InChI=1S/C8H12O.C3H8O/c1-7-2-4-8(6-9)5-3-7;1-3-4-2/h6,8H,1-5H2;3H2,1-2H3. The first-order valence-corrected chi connectivity index (χ1v) is 4.85. The number of allylic oxidation sites excluding steroid dienone is 1. The highest BCUT2D eigenvalue weighted by molar-refractivity contribution is 5.53. The van der Waals surface area contributed by atoms with Gasteiger partial charge in [-0.05, 0) is 32.6 Å². The summed E-state index contributed by atoms with van der Waals surface area (Å²) in [6.45, 7) is 6.64. The molecule has 0 unspecified atom stereocenters. The Kier molecular flexibility index (Phi) is 7.60. The van der Waals surface area contributed by atoms with Gasteiger partial charge < -0.3 is 9.53 Å². The van der Waals surface area contributed by atoms with E-state index in [-0.39, 0.29) is 0 Å². The first kappa shape index (κ1) is 12.4. The van der Waals surface area contributed by atoms with Crippen LogP contribution in [0, 0.1) is 5.92 Å². The zero-order valence-corrected chi connectivity index (χ0v) is 8.71. The Morgan fingerprint density at radius 1 is 1.54 bits per heavy atom. The molecule has 0 saturated heterocycles. The van der Waals surface area contributed by atoms with Crippen molar-refractivity contribution in [1.29, 1.82) is 0 Å². The third-order valence-electron chi connectivity index (χ3n) is 2.22. The number of hydrogen-bond acceptors (Lipinski definition) is 2. The highest BCUT2D eigenvalue weighted by Crippen LogP contribution is 2.24. The quantitative estimate of drug-likeness (QED) is 0.487. The van der Waals surface area contributed by atoms with Crippen molar-refractivity contribution < 1.29 is 9.53 Å². The molecule has 0 aromatic heterocycles. The van der Waals surface area contributed by atoms with E-state index in [1.807, 2.05) is 6.92 Å². The van der Waals surface area contributed by atoms with Crippen LogP contribution in [0.2, 0.25) is 0 Å². The molecular formula is C11H20O2. The van der Waals surface area contributed by atoms with E-state index in [1.165, 1.54) is 5.57 Å². The van der Waals surface area contributed by atoms with E-state index < -0.39 is 0 Å². The Morgan fingerprint density at radius 2 is 2.00 bits per heavy atom. The van der Waals surface area contributed by atoms with Crippen LogP contribution in [-0.2, 0) is 9.53 Å². The fourth-order valence-corrected chi connectivity index (χ4v) is 1.18. The summed E-state index contributed by atoms with van der Waals surface area (Å²) in [5, 5.41) is 0. The van der Waals surface area contributed by atoms with E-state index in [0.29, 0.717) is 5.92 Å². The van der Waals surface area contributed by atoms with Gasteiger partial charge >= 0.3 is 0 Å². The van der Waals surface area contributed by atoms with Crippen molar-refractivity contribution in [3.63, 3.8) is 0 Å². The second-order valence-electron chi connectivity index (χ2n) is 3.30. The SMILES string of the molecule is C=C1CCC(C=O)CC1.CCOC. The molecule has 2 heteroatoms. The van der Waals surface area contributed by atoms with Gasteiger partial charge in [-0.2, -0.15) is 0 Å². The second-order valence-corrected chi connectivity index (χ2v) is 3.30. The summed E-state index contributed by atoms with van der Waals surface area (Å²) in [5.74, 6) is 0.329. The number of ether oxygens (including phenoxy) is 1. The first-order valence-electron chi connectivity index (χ1n) is 4.85. The van der Waals surface area contributed by atoms with Gasteiger partial charge in [-0.15, -0.1) is 0 Å². The molecule has 1 fully saturated rings. The molecular weight excluding hydrogens is 164 g/mol. The van der Waals surface area contributed by atoms with Crippen molar-refractivity contribution in [1.82, 2.24) is 0 Å². The molecule has 1 aliphatic rings. The monoisotopic (exact) mass is 184 g/mol. The van der Waals surface area contributed by atoms with Gasteiger partial charge in [-0.25, -0.2) is 0 Å². The van der Waals surface area contributed by atoms with E-state index in [9.17, 15) is 4.79 Å². The molecule has 0 atom stereocenters. The van der Waals surface area contributed by atoms with Crippen molar-refractivity contribution in [2.75, 3.05) is 13.7 Å². The van der Waals surface area contributed by atoms with Crippen LogP contribution in [0.5, 0.6) is 0 Å². The minimum absolute atomic E-state index is 0.329. The molecule has 0 amide bonds. The number of hydrogen-bond donors (Lipinski definition) is 0. The number of carbonyl (C=O) groups excluding carboxylic acids is 1. The molecule has 1 rings (SSSR count). The van der Waals surface area contributed by atoms with Crippen LogP contribution >= 0.6 is 0 Å². The average molecular weight is 184 g/mol. The molecule has 1 aliphatic carbocycles. The Labute approximate surface area is 81.0 Å². The summed E-state index contributed by atoms with van der Waals surface area (Å²) < 4.78 is 4.54. The number of methoxy groups -OCH3 is 1. The molecule has 13 heavy (non-hydrogen) atoms. The lowest BCUT2D eigenvalue weighted by Crippen LogP contribution is -2.07. The zero-order valence-electron chi connectivity index (χ0n) is 8.71. The Balaban J connectivity index is 0.000000310. The fraction of sp³-hybridized carbons (Fsp3) is 0.727. The predicted octanol–water partition coefficient (Wildman–Crippen LogP) is 2.58. The maximum absolute atomic E-state index is 10.2. The molecule has 0 heterocycles.